The Bertz CT molecular complexity index is 320. The van der Waals surface area contributed by atoms with Gasteiger partial charge in [0.15, 0.2) is 0 Å². The van der Waals surface area contributed by atoms with Gasteiger partial charge in [-0.05, 0) is 44.9 Å². The lowest BCUT2D eigenvalue weighted by Crippen LogP contribution is -2.23. The minimum atomic E-state index is -0.823. The molecular weight excluding hydrogens is 260 g/mol. The zero-order valence-corrected chi connectivity index (χ0v) is 13.1. The molecule has 0 saturated heterocycles. The first kappa shape index (κ1) is 19.1. The third kappa shape index (κ3) is 8.27. The summed E-state index contributed by atoms with van der Waals surface area (Å²) in [7, 11) is 0. The Balaban J connectivity index is 3.83. The van der Waals surface area contributed by atoms with Gasteiger partial charge in [-0.25, -0.2) is 4.89 Å². The van der Waals surface area contributed by atoms with Crippen LogP contribution in [0.1, 0.15) is 66.2 Å². The SMILES string of the molecule is CC(C)(CCCC(=O)CCCC(C)(C)C(=O)O)COO. The lowest BCUT2D eigenvalue weighted by Gasteiger charge is -2.22. The van der Waals surface area contributed by atoms with Crippen LogP contribution in [0.4, 0.5) is 0 Å². The van der Waals surface area contributed by atoms with Crippen molar-refractivity contribution in [3.05, 3.63) is 0 Å². The summed E-state index contributed by atoms with van der Waals surface area (Å²) in [5.74, 6) is -0.650. The smallest absolute Gasteiger partial charge is 0.309 e. The summed E-state index contributed by atoms with van der Waals surface area (Å²) >= 11 is 0. The molecule has 0 bridgehead atoms. The summed E-state index contributed by atoms with van der Waals surface area (Å²) in [5, 5.41) is 17.4. The largest absolute Gasteiger partial charge is 0.481 e. The van der Waals surface area contributed by atoms with Gasteiger partial charge in [0.1, 0.15) is 5.78 Å². The highest BCUT2D eigenvalue weighted by Crippen LogP contribution is 2.25. The Labute approximate surface area is 121 Å². The van der Waals surface area contributed by atoms with Gasteiger partial charge in [-0.3, -0.25) is 14.8 Å². The van der Waals surface area contributed by atoms with Crippen LogP contribution in [-0.4, -0.2) is 28.7 Å². The second-order valence-electron chi connectivity index (χ2n) is 6.87. The fourth-order valence-corrected chi connectivity index (χ4v) is 1.97. The van der Waals surface area contributed by atoms with Crippen molar-refractivity contribution < 1.29 is 24.8 Å². The molecule has 0 aromatic rings. The lowest BCUT2D eigenvalue weighted by atomic mass is 9.86. The average Bonchev–Trinajstić information content (AvgIpc) is 2.27. The Hall–Kier alpha value is -0.940. The number of aliphatic carboxylic acids is 1. The minimum Gasteiger partial charge on any atom is -0.481 e. The number of Topliss-reactive ketones (excluding diaryl/α,β-unsaturated/α-hetero) is 1. The van der Waals surface area contributed by atoms with E-state index < -0.39 is 11.4 Å². The molecule has 0 aliphatic heterocycles. The monoisotopic (exact) mass is 288 g/mol. The summed E-state index contributed by atoms with van der Waals surface area (Å²) in [4.78, 5) is 26.8. The van der Waals surface area contributed by atoms with E-state index in [4.69, 9.17) is 10.4 Å². The Morgan fingerprint density at radius 1 is 1.00 bits per heavy atom. The van der Waals surface area contributed by atoms with Gasteiger partial charge in [-0.1, -0.05) is 13.8 Å². The number of ketones is 1. The van der Waals surface area contributed by atoms with E-state index in [1.807, 2.05) is 13.8 Å². The summed E-state index contributed by atoms with van der Waals surface area (Å²) < 4.78 is 0. The molecule has 0 rings (SSSR count). The third-order valence-electron chi connectivity index (χ3n) is 3.60. The topological polar surface area (TPSA) is 83.8 Å². The quantitative estimate of drug-likeness (QED) is 0.449. The molecule has 0 aromatic carbocycles. The first-order valence-corrected chi connectivity index (χ1v) is 7.12. The van der Waals surface area contributed by atoms with Crippen molar-refractivity contribution in [3.63, 3.8) is 0 Å². The first-order chi connectivity index (χ1) is 9.10. The van der Waals surface area contributed by atoms with Crippen molar-refractivity contribution in [2.45, 2.75) is 66.2 Å². The molecule has 0 aliphatic rings. The van der Waals surface area contributed by atoms with Crippen LogP contribution >= 0.6 is 0 Å². The second kappa shape index (κ2) is 8.37. The van der Waals surface area contributed by atoms with Gasteiger partial charge in [0.25, 0.3) is 0 Å². The zero-order chi connectivity index (χ0) is 15.8. The van der Waals surface area contributed by atoms with Crippen molar-refractivity contribution in [3.8, 4) is 0 Å². The van der Waals surface area contributed by atoms with Crippen molar-refractivity contribution in [1.29, 1.82) is 0 Å². The Morgan fingerprint density at radius 2 is 1.50 bits per heavy atom. The van der Waals surface area contributed by atoms with Crippen LogP contribution in [0.3, 0.4) is 0 Å². The number of carboxylic acid groups (broad SMARTS) is 1. The fraction of sp³-hybridized carbons (Fsp3) is 0.867. The molecule has 0 unspecified atom stereocenters. The van der Waals surface area contributed by atoms with Gasteiger partial charge in [0.2, 0.25) is 0 Å². The maximum Gasteiger partial charge on any atom is 0.309 e. The van der Waals surface area contributed by atoms with Crippen molar-refractivity contribution in [2.24, 2.45) is 10.8 Å². The van der Waals surface area contributed by atoms with Crippen molar-refractivity contribution in [2.75, 3.05) is 6.61 Å². The van der Waals surface area contributed by atoms with Gasteiger partial charge in [0.05, 0.1) is 12.0 Å². The molecule has 0 atom stereocenters. The number of carbonyl (C=O) groups excluding carboxylic acids is 1. The predicted octanol–water partition coefficient (Wildman–Crippen LogP) is 3.52. The molecule has 0 amide bonds. The van der Waals surface area contributed by atoms with Crippen LogP contribution in [0.15, 0.2) is 0 Å². The predicted molar refractivity (Wildman–Crippen MR) is 76.5 cm³/mol. The zero-order valence-electron chi connectivity index (χ0n) is 13.1. The lowest BCUT2D eigenvalue weighted by molar-refractivity contribution is -0.260. The molecule has 0 saturated carbocycles. The first-order valence-electron chi connectivity index (χ1n) is 7.12. The molecule has 0 aromatic heterocycles. The van der Waals surface area contributed by atoms with Crippen LogP contribution in [0, 0.1) is 10.8 Å². The van der Waals surface area contributed by atoms with E-state index in [1.54, 1.807) is 13.8 Å². The maximum absolute atomic E-state index is 11.7. The highest BCUT2D eigenvalue weighted by Gasteiger charge is 2.26. The molecule has 5 nitrogen and oxygen atoms in total. The molecule has 0 heterocycles. The summed E-state index contributed by atoms with van der Waals surface area (Å²) in [6.45, 7) is 7.56. The molecular formula is C15H28O5. The fourth-order valence-electron chi connectivity index (χ4n) is 1.97. The van der Waals surface area contributed by atoms with Crippen molar-refractivity contribution >= 4 is 11.8 Å². The van der Waals surface area contributed by atoms with Gasteiger partial charge < -0.3 is 5.11 Å². The molecule has 20 heavy (non-hydrogen) atoms. The van der Waals surface area contributed by atoms with Gasteiger partial charge in [-0.2, -0.15) is 0 Å². The molecule has 0 aliphatic carbocycles. The van der Waals surface area contributed by atoms with Crippen LogP contribution in [-0.2, 0) is 14.5 Å². The second-order valence-corrected chi connectivity index (χ2v) is 6.87. The number of hydrogen-bond acceptors (Lipinski definition) is 4. The number of carboxylic acids is 1. The molecule has 0 fully saturated rings. The molecule has 0 spiro atoms. The number of rotatable bonds is 11. The van der Waals surface area contributed by atoms with E-state index in [0.717, 1.165) is 12.8 Å². The number of hydrogen-bond donors (Lipinski definition) is 2. The summed E-state index contributed by atoms with van der Waals surface area (Å²) in [5.41, 5.74) is -0.902. The van der Waals surface area contributed by atoms with Gasteiger partial charge >= 0.3 is 5.97 Å². The van der Waals surface area contributed by atoms with Crippen LogP contribution in [0.2, 0.25) is 0 Å². The van der Waals surface area contributed by atoms with Crippen molar-refractivity contribution in [1.82, 2.24) is 0 Å². The Kier molecular flexibility index (Phi) is 7.98. The van der Waals surface area contributed by atoms with E-state index >= 15 is 0 Å². The minimum absolute atomic E-state index is 0.139. The average molecular weight is 288 g/mol. The summed E-state index contributed by atoms with van der Waals surface area (Å²) in [6.07, 6.45) is 3.63. The van der Waals surface area contributed by atoms with Crippen LogP contribution in [0.5, 0.6) is 0 Å². The molecule has 2 N–H and O–H groups in total. The third-order valence-corrected chi connectivity index (χ3v) is 3.60. The maximum atomic E-state index is 11.7. The highest BCUT2D eigenvalue weighted by atomic mass is 17.1. The van der Waals surface area contributed by atoms with E-state index in [-0.39, 0.29) is 17.8 Å². The van der Waals surface area contributed by atoms with E-state index in [1.165, 1.54) is 0 Å². The van der Waals surface area contributed by atoms with Crippen LogP contribution in [0.25, 0.3) is 0 Å². The van der Waals surface area contributed by atoms with Gasteiger partial charge in [-0.15, -0.1) is 0 Å². The normalized spacial score (nSPS) is 12.4. The van der Waals surface area contributed by atoms with Gasteiger partial charge in [0, 0.05) is 12.8 Å². The van der Waals surface area contributed by atoms with E-state index in [0.29, 0.717) is 25.7 Å². The molecule has 118 valence electrons. The van der Waals surface area contributed by atoms with Crippen LogP contribution < -0.4 is 0 Å². The van der Waals surface area contributed by atoms with E-state index in [9.17, 15) is 9.59 Å². The molecule has 5 heteroatoms. The van der Waals surface area contributed by atoms with E-state index in [2.05, 4.69) is 4.89 Å². The standard InChI is InChI=1S/C15H28O5/c1-14(2,11-20-19)9-5-7-12(16)8-6-10-15(3,4)13(17)18/h19H,5-11H2,1-4H3,(H,17,18). The summed E-state index contributed by atoms with van der Waals surface area (Å²) in [6, 6.07) is 0. The molecule has 0 radical (unpaired) electrons. The Morgan fingerprint density at radius 3 is 1.95 bits per heavy atom. The number of carbonyl (C=O) groups is 2. The highest BCUT2D eigenvalue weighted by molar-refractivity contribution is 5.78.